The van der Waals surface area contributed by atoms with Gasteiger partial charge in [-0.3, -0.25) is 4.39 Å². The summed E-state index contributed by atoms with van der Waals surface area (Å²) < 4.78 is 55.2. The van der Waals surface area contributed by atoms with Gasteiger partial charge in [0.2, 0.25) is 0 Å². The molecule has 1 aromatic carbocycles. The Labute approximate surface area is 223 Å². The third-order valence-electron chi connectivity index (χ3n) is 4.47. The Kier molecular flexibility index (Phi) is 21.1. The Balaban J connectivity index is 0. The fourth-order valence-corrected chi connectivity index (χ4v) is 3.62. The molecule has 0 saturated heterocycles. The normalized spacial score (nSPS) is 9.89. The number of anilines is 2. The summed E-state index contributed by atoms with van der Waals surface area (Å²) >= 11 is 1.26. The van der Waals surface area contributed by atoms with Gasteiger partial charge >= 0.3 is 12.1 Å². The first-order valence-electron chi connectivity index (χ1n) is 12.4. The molecule has 0 unspecified atom stereocenters. The molecule has 0 fully saturated rings. The second-order valence-corrected chi connectivity index (χ2v) is 8.37. The van der Waals surface area contributed by atoms with Gasteiger partial charge in [-0.1, -0.05) is 65.5 Å². The monoisotopic (exact) mass is 546 g/mol. The lowest BCUT2D eigenvalue weighted by atomic mass is 10.1. The van der Waals surface area contributed by atoms with Gasteiger partial charge in [-0.25, -0.2) is 9.78 Å². The summed E-state index contributed by atoms with van der Waals surface area (Å²) in [6.45, 7) is 17.1. The predicted molar refractivity (Wildman–Crippen MR) is 149 cm³/mol. The average Bonchev–Trinajstić information content (AvgIpc) is 3.35. The summed E-state index contributed by atoms with van der Waals surface area (Å²) in [4.78, 5) is 16.5. The highest BCUT2D eigenvalue weighted by Crippen LogP contribution is 2.35. The minimum Gasteiger partial charge on any atom is -0.462 e. The largest absolute Gasteiger partial charge is 0.462 e. The maximum Gasteiger partial charge on any atom is 0.417 e. The van der Waals surface area contributed by atoms with E-state index in [1.807, 2.05) is 20.8 Å². The zero-order chi connectivity index (χ0) is 28.9. The molecule has 2 rings (SSSR count). The van der Waals surface area contributed by atoms with Crippen LogP contribution in [0.4, 0.5) is 28.4 Å². The van der Waals surface area contributed by atoms with Crippen molar-refractivity contribution in [3.05, 3.63) is 59.6 Å². The molecule has 0 bridgehead atoms. The molecule has 1 N–H and O–H groups in total. The average molecular weight is 547 g/mol. The molecule has 0 aliphatic rings. The van der Waals surface area contributed by atoms with E-state index in [1.54, 1.807) is 18.4 Å². The van der Waals surface area contributed by atoms with Crippen LogP contribution < -0.4 is 5.32 Å². The number of hydrogen-bond donors (Lipinski definition) is 1. The summed E-state index contributed by atoms with van der Waals surface area (Å²) in [6.07, 6.45) is 3.04. The molecule has 0 radical (unpaired) electrons. The van der Waals surface area contributed by atoms with E-state index in [2.05, 4.69) is 30.4 Å². The van der Waals surface area contributed by atoms with Crippen molar-refractivity contribution < 1.29 is 27.1 Å². The minimum atomic E-state index is -4.68. The first-order chi connectivity index (χ1) is 17.6. The molecule has 0 spiro atoms. The van der Waals surface area contributed by atoms with Gasteiger partial charge in [-0.05, 0) is 44.0 Å². The van der Waals surface area contributed by atoms with Gasteiger partial charge in [0.25, 0.3) is 0 Å². The molecule has 0 amide bonds. The van der Waals surface area contributed by atoms with Gasteiger partial charge in [0.15, 0.2) is 5.13 Å². The van der Waals surface area contributed by atoms with Gasteiger partial charge in [-0.2, -0.15) is 13.2 Å². The van der Waals surface area contributed by atoms with Crippen molar-refractivity contribution >= 4 is 33.7 Å². The number of rotatable bonds is 11. The van der Waals surface area contributed by atoms with Gasteiger partial charge < -0.3 is 10.1 Å². The van der Waals surface area contributed by atoms with E-state index in [-0.39, 0.29) is 12.3 Å². The number of allylic oxidation sites excluding steroid dienone is 2. The highest BCUT2D eigenvalue weighted by atomic mass is 32.1. The highest BCUT2D eigenvalue weighted by Gasteiger charge is 2.36. The lowest BCUT2D eigenvalue weighted by Gasteiger charge is -2.14. The molecular weight excluding hydrogens is 504 g/mol. The van der Waals surface area contributed by atoms with Gasteiger partial charge in [-0.15, -0.1) is 17.9 Å². The second-order valence-electron chi connectivity index (χ2n) is 7.51. The van der Waals surface area contributed by atoms with E-state index >= 15 is 0 Å². The summed E-state index contributed by atoms with van der Waals surface area (Å²) in [5.74, 6) is -0.957. The first kappa shape index (κ1) is 36.5. The Bertz CT molecular complexity index is 912. The Morgan fingerprint density at radius 1 is 1.14 bits per heavy atom. The number of hydrogen-bond acceptors (Lipinski definition) is 5. The topological polar surface area (TPSA) is 51.2 Å². The van der Waals surface area contributed by atoms with Crippen LogP contribution in [-0.2, 0) is 10.9 Å². The molecule has 2 aromatic rings. The van der Waals surface area contributed by atoms with Crippen molar-refractivity contribution in [2.24, 2.45) is 0 Å². The number of unbranched alkanes of at least 4 members (excludes halogenated alkanes) is 5. The quantitative estimate of drug-likeness (QED) is 0.132. The predicted octanol–water partition coefficient (Wildman–Crippen LogP) is 10.3. The van der Waals surface area contributed by atoms with Crippen LogP contribution in [0, 0.1) is 0 Å². The number of carbonyl (C=O) groups excluding carboxylic acids is 1. The molecule has 0 aliphatic carbocycles. The zero-order valence-corrected chi connectivity index (χ0v) is 23.8. The Hall–Kier alpha value is -2.68. The second kappa shape index (κ2) is 21.4. The SMILES string of the molecule is C=C(C)c1csc(Nc2ccc(C(=O)OCCCCCCCC)c(C(F)(F)F)c2)n1.C=CC.CC.CF. The summed E-state index contributed by atoms with van der Waals surface area (Å²) in [7, 11) is 0.500. The van der Waals surface area contributed by atoms with Crippen LogP contribution in [0.5, 0.6) is 0 Å². The summed E-state index contributed by atoms with van der Waals surface area (Å²) in [5, 5.41) is 5.06. The van der Waals surface area contributed by atoms with E-state index < -0.39 is 23.3 Å². The maximum absolute atomic E-state index is 13.5. The number of nitrogens with one attached hydrogen (secondary N) is 1. The molecule has 1 heterocycles. The highest BCUT2D eigenvalue weighted by molar-refractivity contribution is 7.13. The molecular formula is C28H42F4N2O2S. The van der Waals surface area contributed by atoms with Gasteiger partial charge in [0.1, 0.15) is 0 Å². The van der Waals surface area contributed by atoms with Crippen LogP contribution in [0.15, 0.2) is 42.8 Å². The van der Waals surface area contributed by atoms with Crippen LogP contribution in [0.2, 0.25) is 0 Å². The third-order valence-corrected chi connectivity index (χ3v) is 5.23. The van der Waals surface area contributed by atoms with E-state index in [0.717, 1.165) is 49.8 Å². The number of carbonyl (C=O) groups is 1. The van der Waals surface area contributed by atoms with Crippen LogP contribution in [0.1, 0.15) is 94.8 Å². The Morgan fingerprint density at radius 2 is 1.70 bits per heavy atom. The van der Waals surface area contributed by atoms with Crippen molar-refractivity contribution in [3.63, 3.8) is 0 Å². The molecule has 4 nitrogen and oxygen atoms in total. The van der Waals surface area contributed by atoms with Crippen molar-refractivity contribution in [2.75, 3.05) is 19.1 Å². The van der Waals surface area contributed by atoms with Crippen molar-refractivity contribution in [3.8, 4) is 0 Å². The molecule has 0 aliphatic heterocycles. The van der Waals surface area contributed by atoms with Crippen molar-refractivity contribution in [1.29, 1.82) is 0 Å². The molecule has 37 heavy (non-hydrogen) atoms. The number of alkyl halides is 4. The zero-order valence-electron chi connectivity index (χ0n) is 22.9. The van der Waals surface area contributed by atoms with Gasteiger partial charge in [0, 0.05) is 11.1 Å². The number of thiazole rings is 1. The number of ether oxygens (including phenoxy) is 1. The standard InChI is InChI=1S/C22H27F3N2O2S.C3H6.C2H6.CH3F/c1-4-5-6-7-8-9-12-29-20(28)17-11-10-16(13-18(17)22(23,24)25)26-21-27-19(14-30-21)15(2)3;1-3-2;2*1-2/h10-11,13-14H,2,4-9,12H2,1,3H3,(H,26,27);3H,1H2,2H3;1-2H3;1H3. The van der Waals surface area contributed by atoms with Crippen LogP contribution >= 0.6 is 11.3 Å². The van der Waals surface area contributed by atoms with E-state index in [0.29, 0.717) is 24.4 Å². The number of aromatic nitrogens is 1. The molecule has 210 valence electrons. The van der Waals surface area contributed by atoms with E-state index in [1.165, 1.54) is 17.4 Å². The van der Waals surface area contributed by atoms with Crippen molar-refractivity contribution in [1.82, 2.24) is 4.98 Å². The summed E-state index contributed by atoms with van der Waals surface area (Å²) in [5.41, 5.74) is 0.113. The number of benzene rings is 1. The van der Waals surface area contributed by atoms with Crippen LogP contribution in [-0.4, -0.2) is 24.7 Å². The first-order valence-corrected chi connectivity index (χ1v) is 13.2. The lowest BCUT2D eigenvalue weighted by molar-refractivity contribution is -0.138. The number of esters is 1. The molecule has 9 heteroatoms. The van der Waals surface area contributed by atoms with Crippen LogP contribution in [0.3, 0.4) is 0 Å². The van der Waals surface area contributed by atoms with Crippen LogP contribution in [0.25, 0.3) is 5.57 Å². The molecule has 1 aromatic heterocycles. The van der Waals surface area contributed by atoms with Gasteiger partial charge in [0.05, 0.1) is 30.6 Å². The smallest absolute Gasteiger partial charge is 0.417 e. The summed E-state index contributed by atoms with van der Waals surface area (Å²) in [6, 6.07) is 3.46. The minimum absolute atomic E-state index is 0.116. The molecule has 0 saturated carbocycles. The van der Waals surface area contributed by atoms with E-state index in [9.17, 15) is 22.4 Å². The fraction of sp³-hybridized carbons (Fsp3) is 0.500. The Morgan fingerprint density at radius 3 is 2.22 bits per heavy atom. The van der Waals surface area contributed by atoms with E-state index in [4.69, 9.17) is 4.74 Å². The maximum atomic E-state index is 13.5. The molecule has 0 atom stereocenters. The number of halogens is 4. The third kappa shape index (κ3) is 15.2. The lowest BCUT2D eigenvalue weighted by Crippen LogP contribution is -2.16. The fourth-order valence-electron chi connectivity index (χ4n) is 2.81. The van der Waals surface area contributed by atoms with Crippen molar-refractivity contribution in [2.45, 2.75) is 79.3 Å². The number of nitrogens with zero attached hydrogens (tertiary/aromatic N) is 1.